The lowest BCUT2D eigenvalue weighted by Gasteiger charge is -2.30. The molecule has 3 heterocycles. The van der Waals surface area contributed by atoms with Gasteiger partial charge >= 0.3 is 0 Å². The largest absolute Gasteiger partial charge is 0.381 e. The molecule has 0 atom stereocenters. The van der Waals surface area contributed by atoms with Gasteiger partial charge in [-0.1, -0.05) is 0 Å². The molecule has 0 saturated carbocycles. The van der Waals surface area contributed by atoms with Gasteiger partial charge in [0.05, 0.1) is 6.10 Å². The summed E-state index contributed by atoms with van der Waals surface area (Å²) in [6.45, 7) is 0.947. The van der Waals surface area contributed by atoms with Crippen molar-refractivity contribution in [3.63, 3.8) is 0 Å². The van der Waals surface area contributed by atoms with Crippen molar-refractivity contribution in [3.05, 3.63) is 11.6 Å². The zero-order chi connectivity index (χ0) is 15.0. The summed E-state index contributed by atoms with van der Waals surface area (Å²) in [5.41, 5.74) is 0. The fraction of sp³-hybridized carbons (Fsp3) is 0.583. The first-order valence-electron chi connectivity index (χ1n) is 6.74. The van der Waals surface area contributed by atoms with Crippen LogP contribution >= 0.6 is 11.3 Å². The van der Waals surface area contributed by atoms with Crippen LogP contribution in [0.3, 0.4) is 0 Å². The summed E-state index contributed by atoms with van der Waals surface area (Å²) in [6.07, 6.45) is 3.32. The zero-order valence-corrected chi connectivity index (χ0v) is 13.6. The molecule has 1 aliphatic heterocycles. The highest BCUT2D eigenvalue weighted by atomic mass is 32.2. The third-order valence-electron chi connectivity index (χ3n) is 3.77. The minimum atomic E-state index is -3.57. The minimum absolute atomic E-state index is 0.145. The number of ether oxygens (including phenoxy) is 1. The van der Waals surface area contributed by atoms with Crippen LogP contribution in [0.15, 0.2) is 16.6 Å². The lowest BCUT2D eigenvalue weighted by molar-refractivity contribution is 0.0604. The van der Waals surface area contributed by atoms with Crippen LogP contribution in [0.5, 0.6) is 0 Å². The maximum Gasteiger partial charge on any atom is 0.262 e. The van der Waals surface area contributed by atoms with Crippen molar-refractivity contribution in [1.29, 1.82) is 0 Å². The molecule has 2 aromatic rings. The van der Waals surface area contributed by atoms with Gasteiger partial charge in [-0.25, -0.2) is 13.4 Å². The van der Waals surface area contributed by atoms with Gasteiger partial charge in [0.2, 0.25) is 0 Å². The molecular weight excluding hydrogens is 312 g/mol. The van der Waals surface area contributed by atoms with E-state index in [1.54, 1.807) is 24.8 Å². The molecule has 0 bridgehead atoms. The average molecular weight is 330 g/mol. The predicted octanol–water partition coefficient (Wildman–Crippen LogP) is 1.24. The number of fused-ring (bicyclic) bond motifs is 1. The van der Waals surface area contributed by atoms with Crippen molar-refractivity contribution in [3.8, 4) is 0 Å². The van der Waals surface area contributed by atoms with Crippen LogP contribution in [0.2, 0.25) is 0 Å². The van der Waals surface area contributed by atoms with Gasteiger partial charge in [0.15, 0.2) is 15.8 Å². The Kier molecular flexibility index (Phi) is 3.91. The standard InChI is InChI=1S/C12H18N4O3S2/c1-13-10-11(16-7-8-20-12(16)14-10)21(17,18)15-5-3-9(19-2)4-6-15/h7-9,13H,3-6H2,1-2H3. The van der Waals surface area contributed by atoms with Crippen LogP contribution in [-0.4, -0.2) is 55.5 Å². The number of piperidine rings is 1. The van der Waals surface area contributed by atoms with Crippen molar-refractivity contribution in [2.24, 2.45) is 0 Å². The van der Waals surface area contributed by atoms with E-state index in [0.717, 1.165) is 12.8 Å². The molecule has 21 heavy (non-hydrogen) atoms. The average Bonchev–Trinajstić information content (AvgIpc) is 3.06. The minimum Gasteiger partial charge on any atom is -0.381 e. The number of hydrogen-bond donors (Lipinski definition) is 1. The van der Waals surface area contributed by atoms with Crippen molar-refractivity contribution in [2.75, 3.05) is 32.6 Å². The normalized spacial score (nSPS) is 18.4. The van der Waals surface area contributed by atoms with Gasteiger partial charge in [0, 0.05) is 38.8 Å². The molecule has 1 saturated heterocycles. The Labute approximate surface area is 127 Å². The Morgan fingerprint density at radius 3 is 2.76 bits per heavy atom. The summed E-state index contributed by atoms with van der Waals surface area (Å²) in [6, 6.07) is 0. The second-order valence-corrected chi connectivity index (χ2v) is 7.64. The molecular formula is C12H18N4O3S2. The van der Waals surface area contributed by atoms with Gasteiger partial charge in [-0.3, -0.25) is 4.40 Å². The number of hydrogen-bond acceptors (Lipinski definition) is 6. The second-order valence-electron chi connectivity index (χ2n) is 4.91. The monoisotopic (exact) mass is 330 g/mol. The molecule has 1 fully saturated rings. The highest BCUT2D eigenvalue weighted by Gasteiger charge is 2.34. The first-order valence-corrected chi connectivity index (χ1v) is 9.06. The maximum absolute atomic E-state index is 12.9. The Balaban J connectivity index is 1.98. The molecule has 116 valence electrons. The third-order valence-corrected chi connectivity index (χ3v) is 6.45. The number of rotatable bonds is 4. The fourth-order valence-electron chi connectivity index (χ4n) is 2.60. The first-order chi connectivity index (χ1) is 10.1. The smallest absolute Gasteiger partial charge is 0.262 e. The van der Waals surface area contributed by atoms with Crippen molar-refractivity contribution < 1.29 is 13.2 Å². The number of nitrogens with zero attached hydrogens (tertiary/aromatic N) is 3. The molecule has 0 aliphatic carbocycles. The van der Waals surface area contributed by atoms with Crippen LogP contribution in [0.1, 0.15) is 12.8 Å². The number of thiazole rings is 1. The quantitative estimate of drug-likeness (QED) is 0.913. The molecule has 7 nitrogen and oxygen atoms in total. The van der Waals surface area contributed by atoms with E-state index in [2.05, 4.69) is 10.3 Å². The van der Waals surface area contributed by atoms with Crippen LogP contribution < -0.4 is 5.32 Å². The molecule has 2 aromatic heterocycles. The highest BCUT2D eigenvalue weighted by Crippen LogP contribution is 2.29. The molecule has 3 rings (SSSR count). The van der Waals surface area contributed by atoms with Crippen molar-refractivity contribution in [1.82, 2.24) is 13.7 Å². The number of nitrogens with one attached hydrogen (secondary N) is 1. The predicted molar refractivity (Wildman–Crippen MR) is 81.4 cm³/mol. The van der Waals surface area contributed by atoms with Crippen LogP contribution in [0, 0.1) is 0 Å². The first kappa shape index (κ1) is 14.8. The number of methoxy groups -OCH3 is 1. The van der Waals surface area contributed by atoms with Crippen LogP contribution in [0.4, 0.5) is 5.82 Å². The molecule has 0 amide bonds. The molecule has 0 aromatic carbocycles. The molecule has 1 aliphatic rings. The molecule has 0 radical (unpaired) electrons. The van der Waals surface area contributed by atoms with Gasteiger partial charge in [-0.2, -0.15) is 4.31 Å². The van der Waals surface area contributed by atoms with Crippen LogP contribution in [0.25, 0.3) is 4.96 Å². The lowest BCUT2D eigenvalue weighted by atomic mass is 10.1. The molecule has 9 heteroatoms. The summed E-state index contributed by atoms with van der Waals surface area (Å²) in [4.78, 5) is 4.99. The Morgan fingerprint density at radius 2 is 2.14 bits per heavy atom. The van der Waals surface area contributed by atoms with Crippen molar-refractivity contribution in [2.45, 2.75) is 24.0 Å². The van der Waals surface area contributed by atoms with Gasteiger partial charge in [0.1, 0.15) is 0 Å². The van der Waals surface area contributed by atoms with Crippen LogP contribution in [-0.2, 0) is 14.8 Å². The lowest BCUT2D eigenvalue weighted by Crippen LogP contribution is -2.41. The molecule has 0 spiro atoms. The summed E-state index contributed by atoms with van der Waals surface area (Å²) in [5, 5.41) is 4.93. The third kappa shape index (κ3) is 2.44. The van der Waals surface area contributed by atoms with Crippen molar-refractivity contribution >= 4 is 32.1 Å². The van der Waals surface area contributed by atoms with E-state index in [1.807, 2.05) is 5.38 Å². The summed E-state index contributed by atoms with van der Waals surface area (Å²) >= 11 is 1.41. The highest BCUT2D eigenvalue weighted by molar-refractivity contribution is 7.89. The van der Waals surface area contributed by atoms with Gasteiger partial charge in [-0.05, 0) is 12.8 Å². The summed E-state index contributed by atoms with van der Waals surface area (Å²) in [5.74, 6) is 0.399. The van der Waals surface area contributed by atoms with E-state index < -0.39 is 10.0 Å². The topological polar surface area (TPSA) is 75.9 Å². The summed E-state index contributed by atoms with van der Waals surface area (Å²) < 4.78 is 34.3. The SMILES string of the molecule is CNc1nc2sccn2c1S(=O)(=O)N1CCC(OC)CC1. The zero-order valence-electron chi connectivity index (χ0n) is 11.9. The van der Waals surface area contributed by atoms with E-state index in [-0.39, 0.29) is 11.1 Å². The van der Waals surface area contributed by atoms with E-state index in [0.29, 0.717) is 23.9 Å². The van der Waals surface area contributed by atoms with Gasteiger partial charge in [-0.15, -0.1) is 11.3 Å². The van der Waals surface area contributed by atoms with E-state index in [9.17, 15) is 8.42 Å². The summed E-state index contributed by atoms with van der Waals surface area (Å²) in [7, 11) is -0.218. The molecule has 1 N–H and O–H groups in total. The Morgan fingerprint density at radius 1 is 1.43 bits per heavy atom. The number of sulfonamides is 1. The Hall–Kier alpha value is -1.16. The number of anilines is 1. The van der Waals surface area contributed by atoms with E-state index >= 15 is 0 Å². The maximum atomic E-state index is 12.9. The number of aromatic nitrogens is 2. The second kappa shape index (κ2) is 5.56. The van der Waals surface area contributed by atoms with Gasteiger partial charge in [0.25, 0.3) is 10.0 Å². The molecule has 0 unspecified atom stereocenters. The van der Waals surface area contributed by atoms with E-state index in [4.69, 9.17) is 4.74 Å². The Bertz CT molecular complexity index is 729. The van der Waals surface area contributed by atoms with Gasteiger partial charge < -0.3 is 10.1 Å². The fourth-order valence-corrected chi connectivity index (χ4v) is 5.10. The number of imidazole rings is 1. The van der Waals surface area contributed by atoms with E-state index in [1.165, 1.54) is 15.6 Å².